The summed E-state index contributed by atoms with van der Waals surface area (Å²) in [4.78, 5) is 26.2. The highest BCUT2D eigenvalue weighted by Gasteiger charge is 2.29. The summed E-state index contributed by atoms with van der Waals surface area (Å²) in [5.74, 6) is 1.41. The fourth-order valence-electron chi connectivity index (χ4n) is 1.98. The van der Waals surface area contributed by atoms with E-state index in [1.165, 1.54) is 0 Å². The second-order valence-corrected chi connectivity index (χ2v) is 7.93. The van der Waals surface area contributed by atoms with E-state index in [1.807, 2.05) is 27.7 Å². The Labute approximate surface area is 143 Å². The molecule has 0 atom stereocenters. The van der Waals surface area contributed by atoms with Gasteiger partial charge in [0.25, 0.3) is 5.91 Å². The molecule has 128 valence electrons. The summed E-state index contributed by atoms with van der Waals surface area (Å²) < 4.78 is 0. The number of nitriles is 1. The van der Waals surface area contributed by atoms with Crippen molar-refractivity contribution in [2.75, 3.05) is 11.5 Å². The maximum atomic E-state index is 11.7. The maximum Gasteiger partial charge on any atom is 0.293 e. The normalized spacial score (nSPS) is 11.2. The Morgan fingerprint density at radius 1 is 1.09 bits per heavy atom. The van der Waals surface area contributed by atoms with Gasteiger partial charge in [0.1, 0.15) is 0 Å². The summed E-state index contributed by atoms with van der Waals surface area (Å²) in [7, 11) is 0. The van der Waals surface area contributed by atoms with Gasteiger partial charge in [0.05, 0.1) is 5.41 Å². The topological polar surface area (TPSA) is 86.3 Å². The van der Waals surface area contributed by atoms with Gasteiger partial charge in [-0.25, -0.2) is 0 Å². The number of rotatable bonds is 10. The van der Waals surface area contributed by atoms with E-state index < -0.39 is 10.8 Å². The van der Waals surface area contributed by atoms with Gasteiger partial charge in [-0.15, -0.1) is 0 Å². The lowest BCUT2D eigenvalue weighted by molar-refractivity contribution is -0.129. The molecular formula is C16H26N4O2S. The summed E-state index contributed by atoms with van der Waals surface area (Å²) in [6.07, 6.45) is 4.94. The van der Waals surface area contributed by atoms with Gasteiger partial charge < -0.3 is 0 Å². The molecule has 2 N–H and O–H groups in total. The Bertz CT molecular complexity index is 445. The van der Waals surface area contributed by atoms with Gasteiger partial charge in [0, 0.05) is 5.41 Å². The van der Waals surface area contributed by atoms with Crippen LogP contribution >= 0.6 is 11.8 Å². The van der Waals surface area contributed by atoms with E-state index in [1.54, 1.807) is 18.0 Å². The van der Waals surface area contributed by atoms with Gasteiger partial charge in [0.2, 0.25) is 5.91 Å². The minimum absolute atomic E-state index is 0.234. The first kappa shape index (κ1) is 21.3. The van der Waals surface area contributed by atoms with Gasteiger partial charge in [-0.2, -0.15) is 28.5 Å². The zero-order chi connectivity index (χ0) is 17.9. The molecule has 0 heterocycles. The van der Waals surface area contributed by atoms with Crippen molar-refractivity contribution in [1.82, 2.24) is 10.7 Å². The largest absolute Gasteiger partial charge is 0.293 e. The van der Waals surface area contributed by atoms with E-state index in [9.17, 15) is 9.59 Å². The molecule has 0 fully saturated rings. The molecule has 0 aromatic rings. The number of hydrogen-bond acceptors (Lipinski definition) is 4. The van der Waals surface area contributed by atoms with E-state index in [4.69, 9.17) is 11.8 Å². The number of carbonyl (C=O) groups excluding carboxylic acids is 2. The Kier molecular flexibility index (Phi) is 9.36. The van der Waals surface area contributed by atoms with Crippen LogP contribution in [0.3, 0.4) is 0 Å². The van der Waals surface area contributed by atoms with Crippen molar-refractivity contribution in [2.45, 2.75) is 53.4 Å². The van der Waals surface area contributed by atoms with Crippen molar-refractivity contribution in [2.24, 2.45) is 10.8 Å². The third kappa shape index (κ3) is 8.47. The van der Waals surface area contributed by atoms with Crippen LogP contribution in [0, 0.1) is 28.9 Å². The first-order valence-corrected chi connectivity index (χ1v) is 8.77. The number of carbonyl (C=O) groups is 2. The van der Waals surface area contributed by atoms with Crippen molar-refractivity contribution in [3.63, 3.8) is 0 Å². The second-order valence-electron chi connectivity index (χ2n) is 6.71. The standard InChI is InChI=1S/C16H26N4O2S/c1-15(2,13(21)19-12-17)8-6-10-23-11-7-9-16(3,4)14(22)20-18-5/h6-11H2,1-4H3,(H,19,21)(H,20,22). The van der Waals surface area contributed by atoms with Crippen LogP contribution in [0.25, 0.3) is 4.95 Å². The van der Waals surface area contributed by atoms with Gasteiger partial charge in [0.15, 0.2) is 6.19 Å². The van der Waals surface area contributed by atoms with Crippen LogP contribution in [0.4, 0.5) is 0 Å². The first-order chi connectivity index (χ1) is 10.7. The van der Waals surface area contributed by atoms with Gasteiger partial charge in [-0.3, -0.25) is 14.9 Å². The fraction of sp³-hybridized carbons (Fsp3) is 0.750. The van der Waals surface area contributed by atoms with E-state index in [-0.39, 0.29) is 11.8 Å². The maximum absolute atomic E-state index is 11.7. The predicted octanol–water partition coefficient (Wildman–Crippen LogP) is 2.88. The molecule has 0 aliphatic carbocycles. The number of hydrogen-bond donors (Lipinski definition) is 2. The van der Waals surface area contributed by atoms with Crippen molar-refractivity contribution in [3.05, 3.63) is 11.5 Å². The average Bonchev–Trinajstić information content (AvgIpc) is 2.46. The molecule has 0 spiro atoms. The van der Waals surface area contributed by atoms with Gasteiger partial charge in [-0.05, 0) is 37.2 Å². The van der Waals surface area contributed by atoms with E-state index in [2.05, 4.69) is 15.7 Å². The molecule has 7 heteroatoms. The lowest BCUT2D eigenvalue weighted by atomic mass is 9.87. The highest BCUT2D eigenvalue weighted by atomic mass is 32.2. The molecule has 0 aliphatic rings. The summed E-state index contributed by atoms with van der Waals surface area (Å²) >= 11 is 1.80. The molecule has 0 aromatic carbocycles. The molecule has 0 radical (unpaired) electrons. The van der Waals surface area contributed by atoms with Crippen LogP contribution in [0.15, 0.2) is 0 Å². The zero-order valence-electron chi connectivity index (χ0n) is 14.4. The molecule has 23 heavy (non-hydrogen) atoms. The van der Waals surface area contributed by atoms with Crippen molar-refractivity contribution < 1.29 is 9.59 Å². The molecular weight excluding hydrogens is 312 g/mol. The highest BCUT2D eigenvalue weighted by molar-refractivity contribution is 7.99. The third-order valence-corrected chi connectivity index (χ3v) is 4.89. The van der Waals surface area contributed by atoms with Crippen LogP contribution in [0.2, 0.25) is 0 Å². The van der Waals surface area contributed by atoms with Crippen LogP contribution in [0.1, 0.15) is 53.4 Å². The van der Waals surface area contributed by atoms with Crippen LogP contribution in [0.5, 0.6) is 0 Å². The molecule has 0 aromatic heterocycles. The number of amides is 2. The van der Waals surface area contributed by atoms with Crippen molar-refractivity contribution in [1.29, 1.82) is 5.26 Å². The minimum atomic E-state index is -0.532. The van der Waals surface area contributed by atoms with Crippen LogP contribution < -0.4 is 10.7 Å². The molecule has 0 rings (SSSR count). The monoisotopic (exact) mass is 338 g/mol. The SMILES string of the molecule is [C-]#[N+]NC(=O)C(C)(C)CCCSCCCC(C)(C)C(=O)NC#N. The Hall–Kier alpha value is -1.73. The lowest BCUT2D eigenvalue weighted by Gasteiger charge is -2.21. The summed E-state index contributed by atoms with van der Waals surface area (Å²) in [5.41, 5.74) is 1.11. The molecule has 6 nitrogen and oxygen atoms in total. The van der Waals surface area contributed by atoms with Gasteiger partial charge >= 0.3 is 0 Å². The quantitative estimate of drug-likeness (QED) is 0.211. The van der Waals surface area contributed by atoms with Gasteiger partial charge in [-0.1, -0.05) is 33.1 Å². The summed E-state index contributed by atoms with van der Waals surface area (Å²) in [6, 6.07) is 0. The minimum Gasteiger partial charge on any atom is -0.273 e. The molecule has 0 aliphatic heterocycles. The van der Waals surface area contributed by atoms with Crippen molar-refractivity contribution in [3.8, 4) is 6.19 Å². The Morgan fingerprint density at radius 3 is 2.00 bits per heavy atom. The molecule has 0 saturated carbocycles. The highest BCUT2D eigenvalue weighted by Crippen LogP contribution is 2.26. The zero-order valence-corrected chi connectivity index (χ0v) is 15.2. The molecule has 0 saturated heterocycles. The predicted molar refractivity (Wildman–Crippen MR) is 91.9 cm³/mol. The van der Waals surface area contributed by atoms with E-state index >= 15 is 0 Å². The van der Waals surface area contributed by atoms with Crippen molar-refractivity contribution >= 4 is 23.6 Å². The smallest absolute Gasteiger partial charge is 0.273 e. The lowest BCUT2D eigenvalue weighted by Crippen LogP contribution is -2.34. The first-order valence-electron chi connectivity index (χ1n) is 7.61. The van der Waals surface area contributed by atoms with E-state index in [0.717, 1.165) is 37.2 Å². The Balaban J connectivity index is 3.87. The van der Waals surface area contributed by atoms with Crippen LogP contribution in [-0.4, -0.2) is 23.3 Å². The number of nitrogens with zero attached hydrogens (tertiary/aromatic N) is 2. The summed E-state index contributed by atoms with van der Waals surface area (Å²) in [5, 5.41) is 10.7. The van der Waals surface area contributed by atoms with Crippen LogP contribution in [-0.2, 0) is 9.59 Å². The average molecular weight is 338 g/mol. The third-order valence-electron chi connectivity index (χ3n) is 3.74. The number of nitrogens with one attached hydrogen (secondary N) is 2. The molecule has 0 bridgehead atoms. The van der Waals surface area contributed by atoms with E-state index in [0.29, 0.717) is 0 Å². The number of thioether (sulfide) groups is 1. The molecule has 2 amide bonds. The summed E-state index contributed by atoms with van der Waals surface area (Å²) in [6.45, 7) is 14.0. The fourth-order valence-corrected chi connectivity index (χ4v) is 2.88. The second kappa shape index (κ2) is 10.1. The Morgan fingerprint density at radius 2 is 1.57 bits per heavy atom. The molecule has 0 unspecified atom stereocenters.